The molecule has 0 aliphatic carbocycles. The van der Waals surface area contributed by atoms with Crippen molar-refractivity contribution < 1.29 is 9.90 Å². The van der Waals surface area contributed by atoms with Gasteiger partial charge in [0.2, 0.25) is 0 Å². The Kier molecular flexibility index (Phi) is 3.71. The molecule has 0 bridgehead atoms. The fourth-order valence-corrected chi connectivity index (χ4v) is 2.43. The molecule has 1 aromatic heterocycles. The van der Waals surface area contributed by atoms with Crippen molar-refractivity contribution in [1.82, 2.24) is 4.98 Å². The molecule has 0 fully saturated rings. The quantitative estimate of drug-likeness (QED) is 0.772. The number of rotatable bonds is 3. The van der Waals surface area contributed by atoms with Crippen LogP contribution in [0.5, 0.6) is 0 Å². The van der Waals surface area contributed by atoms with Gasteiger partial charge < -0.3 is 5.11 Å². The minimum absolute atomic E-state index is 0.279. The van der Waals surface area contributed by atoms with E-state index >= 15 is 0 Å². The molecule has 0 aliphatic heterocycles. The van der Waals surface area contributed by atoms with Gasteiger partial charge in [0.15, 0.2) is 0 Å². The van der Waals surface area contributed by atoms with Gasteiger partial charge in [-0.25, -0.2) is 9.78 Å². The van der Waals surface area contributed by atoms with Crippen molar-refractivity contribution in [2.24, 2.45) is 0 Å². The van der Waals surface area contributed by atoms with Crippen molar-refractivity contribution in [2.75, 3.05) is 0 Å². The van der Waals surface area contributed by atoms with E-state index in [1.165, 1.54) is 0 Å². The van der Waals surface area contributed by atoms with Gasteiger partial charge in [-0.2, -0.15) is 0 Å². The Balaban J connectivity index is 2.15. The van der Waals surface area contributed by atoms with Gasteiger partial charge in [0.25, 0.3) is 0 Å². The Morgan fingerprint density at radius 1 is 1.05 bits per heavy atom. The minimum Gasteiger partial charge on any atom is -0.478 e. The molecule has 0 aliphatic rings. The Bertz CT molecular complexity index is 867. The predicted molar refractivity (Wildman–Crippen MR) is 88.7 cm³/mol. The molecule has 0 spiro atoms. The van der Waals surface area contributed by atoms with Gasteiger partial charge in [0, 0.05) is 5.39 Å². The predicted octanol–water partition coefficient (Wildman–Crippen LogP) is 4.49. The molecular weight excluding hydrogens is 274 g/mol. The summed E-state index contributed by atoms with van der Waals surface area (Å²) in [5.74, 6) is -0.938. The topological polar surface area (TPSA) is 50.2 Å². The summed E-state index contributed by atoms with van der Waals surface area (Å²) in [6, 6.07) is 18.8. The Morgan fingerprint density at radius 3 is 2.45 bits per heavy atom. The Labute approximate surface area is 128 Å². The number of carbonyl (C=O) groups is 1. The second-order valence-electron chi connectivity index (χ2n) is 5.12. The third-order valence-electron chi connectivity index (χ3n) is 3.53. The maximum absolute atomic E-state index is 11.5. The summed E-state index contributed by atoms with van der Waals surface area (Å²) in [5, 5.41) is 10.1. The molecule has 3 heteroatoms. The number of pyridine rings is 1. The van der Waals surface area contributed by atoms with Gasteiger partial charge in [0.05, 0.1) is 16.8 Å². The van der Waals surface area contributed by atoms with Crippen LogP contribution in [0.4, 0.5) is 0 Å². The number of aromatic carboxylic acids is 1. The van der Waals surface area contributed by atoms with Crippen LogP contribution in [0, 0.1) is 0 Å². The van der Waals surface area contributed by atoms with Crippen LogP contribution in [0.3, 0.4) is 0 Å². The summed E-state index contributed by atoms with van der Waals surface area (Å²) in [6.45, 7) is 1.94. The summed E-state index contributed by atoms with van der Waals surface area (Å²) < 4.78 is 0. The minimum atomic E-state index is -0.938. The number of aromatic nitrogens is 1. The highest BCUT2D eigenvalue weighted by Gasteiger charge is 2.12. The average Bonchev–Trinajstić information content (AvgIpc) is 2.54. The van der Waals surface area contributed by atoms with Gasteiger partial charge in [-0.15, -0.1) is 0 Å². The van der Waals surface area contributed by atoms with E-state index in [0.717, 1.165) is 11.1 Å². The Morgan fingerprint density at radius 2 is 1.73 bits per heavy atom. The van der Waals surface area contributed by atoms with E-state index in [-0.39, 0.29) is 5.56 Å². The van der Waals surface area contributed by atoms with E-state index in [1.54, 1.807) is 12.1 Å². The molecule has 0 radical (unpaired) electrons. The van der Waals surface area contributed by atoms with Crippen molar-refractivity contribution >= 4 is 28.5 Å². The second kappa shape index (κ2) is 5.82. The van der Waals surface area contributed by atoms with Crippen LogP contribution < -0.4 is 0 Å². The van der Waals surface area contributed by atoms with Crippen LogP contribution >= 0.6 is 0 Å². The summed E-state index contributed by atoms with van der Waals surface area (Å²) in [6.07, 6.45) is 2.00. The van der Waals surface area contributed by atoms with Crippen LogP contribution in [0.15, 0.2) is 60.7 Å². The smallest absolute Gasteiger partial charge is 0.336 e. The van der Waals surface area contributed by atoms with E-state index in [1.807, 2.05) is 61.5 Å². The number of hydrogen-bond donors (Lipinski definition) is 1. The molecule has 1 heterocycles. The number of nitrogens with zero attached hydrogens (tertiary/aromatic N) is 1. The first-order chi connectivity index (χ1) is 10.6. The highest BCUT2D eigenvalue weighted by molar-refractivity contribution is 6.03. The lowest BCUT2D eigenvalue weighted by molar-refractivity contribution is 0.0699. The molecule has 22 heavy (non-hydrogen) atoms. The van der Waals surface area contributed by atoms with Gasteiger partial charge in [-0.05, 0) is 36.3 Å². The molecule has 3 rings (SSSR count). The number of carboxylic acids is 1. The van der Waals surface area contributed by atoms with Crippen LogP contribution in [0.1, 0.15) is 28.5 Å². The molecule has 1 N–H and O–H groups in total. The van der Waals surface area contributed by atoms with E-state index in [4.69, 9.17) is 0 Å². The molecule has 0 amide bonds. The van der Waals surface area contributed by atoms with E-state index in [0.29, 0.717) is 16.6 Å². The van der Waals surface area contributed by atoms with E-state index in [2.05, 4.69) is 4.98 Å². The molecule has 0 saturated carbocycles. The molecule has 2 aromatic carbocycles. The van der Waals surface area contributed by atoms with Crippen molar-refractivity contribution in [2.45, 2.75) is 6.92 Å². The SMILES string of the molecule is CC(=Cc1ccccc1)c1cc(C(=O)O)c2ccccc2n1. The summed E-state index contributed by atoms with van der Waals surface area (Å²) in [4.78, 5) is 16.1. The van der Waals surface area contributed by atoms with Crippen LogP contribution in [-0.2, 0) is 0 Å². The van der Waals surface area contributed by atoms with Crippen molar-refractivity contribution in [3.8, 4) is 0 Å². The van der Waals surface area contributed by atoms with Gasteiger partial charge in [-0.1, -0.05) is 48.5 Å². The molecule has 3 nitrogen and oxygen atoms in total. The highest BCUT2D eigenvalue weighted by atomic mass is 16.4. The normalized spacial score (nSPS) is 11.6. The van der Waals surface area contributed by atoms with Gasteiger partial charge in [0.1, 0.15) is 0 Å². The first-order valence-corrected chi connectivity index (χ1v) is 7.02. The summed E-state index contributed by atoms with van der Waals surface area (Å²) >= 11 is 0. The van der Waals surface area contributed by atoms with Gasteiger partial charge >= 0.3 is 5.97 Å². The highest BCUT2D eigenvalue weighted by Crippen LogP contribution is 2.23. The number of carboxylic acid groups (broad SMARTS) is 1. The first-order valence-electron chi connectivity index (χ1n) is 7.02. The van der Waals surface area contributed by atoms with Crippen molar-refractivity contribution in [3.63, 3.8) is 0 Å². The third-order valence-corrected chi connectivity index (χ3v) is 3.53. The fourth-order valence-electron chi connectivity index (χ4n) is 2.43. The lowest BCUT2D eigenvalue weighted by Gasteiger charge is -2.07. The average molecular weight is 289 g/mol. The van der Waals surface area contributed by atoms with Crippen LogP contribution in [0.2, 0.25) is 0 Å². The van der Waals surface area contributed by atoms with E-state index in [9.17, 15) is 9.90 Å². The summed E-state index contributed by atoms with van der Waals surface area (Å²) in [7, 11) is 0. The van der Waals surface area contributed by atoms with Crippen molar-refractivity contribution in [1.29, 1.82) is 0 Å². The third kappa shape index (κ3) is 2.74. The fraction of sp³-hybridized carbons (Fsp3) is 0.0526. The zero-order valence-electron chi connectivity index (χ0n) is 12.2. The zero-order chi connectivity index (χ0) is 15.5. The second-order valence-corrected chi connectivity index (χ2v) is 5.12. The standard InChI is InChI=1S/C19H15NO2/c1-13(11-14-7-3-2-4-8-14)18-12-16(19(21)22)15-9-5-6-10-17(15)20-18/h2-12H,1H3,(H,21,22). The number of benzene rings is 2. The number of hydrogen-bond acceptors (Lipinski definition) is 2. The monoisotopic (exact) mass is 289 g/mol. The zero-order valence-corrected chi connectivity index (χ0v) is 12.2. The van der Waals surface area contributed by atoms with Crippen molar-refractivity contribution in [3.05, 3.63) is 77.5 Å². The molecule has 0 atom stereocenters. The maximum atomic E-state index is 11.5. The molecule has 0 saturated heterocycles. The maximum Gasteiger partial charge on any atom is 0.336 e. The number of fused-ring (bicyclic) bond motifs is 1. The molecule has 3 aromatic rings. The lowest BCUT2D eigenvalue weighted by Crippen LogP contribution is -2.01. The first kappa shape index (κ1) is 14.0. The number of allylic oxidation sites excluding steroid dienone is 1. The van der Waals surface area contributed by atoms with E-state index < -0.39 is 5.97 Å². The van der Waals surface area contributed by atoms with Crippen LogP contribution in [0.25, 0.3) is 22.6 Å². The van der Waals surface area contributed by atoms with Gasteiger partial charge in [-0.3, -0.25) is 0 Å². The summed E-state index contributed by atoms with van der Waals surface area (Å²) in [5.41, 5.74) is 3.64. The molecule has 108 valence electrons. The van der Waals surface area contributed by atoms with Crippen LogP contribution in [-0.4, -0.2) is 16.1 Å². The molecular formula is C19H15NO2. The lowest BCUT2D eigenvalue weighted by atomic mass is 10.0. The number of para-hydroxylation sites is 1. The Hall–Kier alpha value is -2.94. The largest absolute Gasteiger partial charge is 0.478 e. The molecule has 0 unspecified atom stereocenters.